The molecule has 0 bridgehead atoms. The van der Waals surface area contributed by atoms with Gasteiger partial charge in [0.1, 0.15) is 0 Å². The summed E-state index contributed by atoms with van der Waals surface area (Å²) >= 11 is 0. The van der Waals surface area contributed by atoms with Gasteiger partial charge >= 0.3 is 0 Å². The summed E-state index contributed by atoms with van der Waals surface area (Å²) in [4.78, 5) is 0. The molecule has 0 radical (unpaired) electrons. The molecular weight excluding hydrogens is 218 g/mol. The summed E-state index contributed by atoms with van der Waals surface area (Å²) in [7, 11) is 0. The SMILES string of the molecule is CCCc1ccc(CCCCCNC2CC2)cc1. The van der Waals surface area contributed by atoms with Crippen molar-refractivity contribution in [1.82, 2.24) is 5.32 Å². The Bertz CT molecular complexity index is 324. The zero-order chi connectivity index (χ0) is 12.6. The molecule has 0 spiro atoms. The first-order valence-electron chi connectivity index (χ1n) is 7.69. The second-order valence-electron chi connectivity index (χ2n) is 5.61. The molecule has 1 aliphatic rings. The zero-order valence-electron chi connectivity index (χ0n) is 11.8. The predicted octanol–water partition coefficient (Wildman–Crippen LogP) is 4.10. The van der Waals surface area contributed by atoms with Crippen molar-refractivity contribution in [2.75, 3.05) is 6.54 Å². The van der Waals surface area contributed by atoms with Crippen LogP contribution in [0.3, 0.4) is 0 Å². The van der Waals surface area contributed by atoms with Crippen molar-refractivity contribution in [1.29, 1.82) is 0 Å². The van der Waals surface area contributed by atoms with Crippen molar-refractivity contribution in [3.8, 4) is 0 Å². The molecule has 1 N–H and O–H groups in total. The average molecular weight is 245 g/mol. The Morgan fingerprint density at radius 3 is 2.22 bits per heavy atom. The van der Waals surface area contributed by atoms with Gasteiger partial charge in [0.2, 0.25) is 0 Å². The topological polar surface area (TPSA) is 12.0 Å². The highest BCUT2D eigenvalue weighted by molar-refractivity contribution is 5.22. The van der Waals surface area contributed by atoms with Gasteiger partial charge in [0.25, 0.3) is 0 Å². The number of nitrogens with one attached hydrogen (secondary N) is 1. The standard InChI is InChI=1S/C17H27N/c1-2-6-15-8-10-16(11-9-15)7-4-3-5-14-18-17-12-13-17/h8-11,17-18H,2-7,12-14H2,1H3. The average Bonchev–Trinajstić information content (AvgIpc) is 3.20. The number of benzene rings is 1. The minimum absolute atomic E-state index is 0.871. The molecule has 2 rings (SSSR count). The van der Waals surface area contributed by atoms with Crippen LogP contribution < -0.4 is 5.32 Å². The minimum atomic E-state index is 0.871. The van der Waals surface area contributed by atoms with Gasteiger partial charge in [0.05, 0.1) is 0 Å². The van der Waals surface area contributed by atoms with E-state index in [9.17, 15) is 0 Å². The molecule has 1 aliphatic carbocycles. The Kier molecular flexibility index (Phi) is 5.73. The molecule has 0 saturated heterocycles. The Balaban J connectivity index is 1.54. The summed E-state index contributed by atoms with van der Waals surface area (Å²) in [6, 6.07) is 10.1. The monoisotopic (exact) mass is 245 g/mol. The summed E-state index contributed by atoms with van der Waals surface area (Å²) < 4.78 is 0. The largest absolute Gasteiger partial charge is 0.314 e. The number of rotatable bonds is 9. The molecule has 0 aromatic heterocycles. The van der Waals surface area contributed by atoms with Gasteiger partial charge in [-0.15, -0.1) is 0 Å². The summed E-state index contributed by atoms with van der Waals surface area (Å²) in [5.74, 6) is 0. The van der Waals surface area contributed by atoms with Gasteiger partial charge in [-0.05, 0) is 56.2 Å². The molecule has 1 aromatic carbocycles. The predicted molar refractivity (Wildman–Crippen MR) is 79.0 cm³/mol. The van der Waals surface area contributed by atoms with Gasteiger partial charge in [-0.25, -0.2) is 0 Å². The van der Waals surface area contributed by atoms with Crippen LogP contribution in [-0.2, 0) is 12.8 Å². The van der Waals surface area contributed by atoms with Gasteiger partial charge in [0.15, 0.2) is 0 Å². The molecule has 1 saturated carbocycles. The molecule has 1 fully saturated rings. The first-order valence-corrected chi connectivity index (χ1v) is 7.69. The summed E-state index contributed by atoms with van der Waals surface area (Å²) in [5.41, 5.74) is 2.99. The molecule has 0 aliphatic heterocycles. The third-order valence-electron chi connectivity index (χ3n) is 3.71. The molecular formula is C17H27N. The van der Waals surface area contributed by atoms with Crippen molar-refractivity contribution in [3.05, 3.63) is 35.4 Å². The first-order chi connectivity index (χ1) is 8.88. The van der Waals surface area contributed by atoms with E-state index in [1.54, 1.807) is 0 Å². The van der Waals surface area contributed by atoms with Crippen LogP contribution in [0.1, 0.15) is 56.6 Å². The van der Waals surface area contributed by atoms with Crippen LogP contribution in [0, 0.1) is 0 Å². The van der Waals surface area contributed by atoms with Crippen LogP contribution in [-0.4, -0.2) is 12.6 Å². The van der Waals surface area contributed by atoms with Crippen molar-refractivity contribution >= 4 is 0 Å². The molecule has 1 nitrogen and oxygen atoms in total. The van der Waals surface area contributed by atoms with E-state index in [1.807, 2.05) is 0 Å². The van der Waals surface area contributed by atoms with Crippen molar-refractivity contribution in [2.45, 2.75) is 64.3 Å². The molecule has 1 heteroatoms. The zero-order valence-corrected chi connectivity index (χ0v) is 11.8. The molecule has 1 aromatic rings. The van der Waals surface area contributed by atoms with E-state index in [0.29, 0.717) is 0 Å². The van der Waals surface area contributed by atoms with Crippen molar-refractivity contribution < 1.29 is 0 Å². The number of hydrogen-bond acceptors (Lipinski definition) is 1. The van der Waals surface area contributed by atoms with E-state index < -0.39 is 0 Å². The maximum Gasteiger partial charge on any atom is 0.00682 e. The minimum Gasteiger partial charge on any atom is -0.314 e. The second-order valence-corrected chi connectivity index (χ2v) is 5.61. The first kappa shape index (κ1) is 13.6. The van der Waals surface area contributed by atoms with E-state index in [1.165, 1.54) is 69.0 Å². The van der Waals surface area contributed by atoms with Crippen molar-refractivity contribution in [2.24, 2.45) is 0 Å². The molecule has 100 valence electrons. The molecule has 18 heavy (non-hydrogen) atoms. The Morgan fingerprint density at radius 2 is 1.61 bits per heavy atom. The third kappa shape index (κ3) is 5.22. The third-order valence-corrected chi connectivity index (χ3v) is 3.71. The van der Waals surface area contributed by atoms with Crippen LogP contribution >= 0.6 is 0 Å². The maximum atomic E-state index is 3.58. The summed E-state index contributed by atoms with van der Waals surface area (Å²) in [6.07, 6.45) is 10.5. The summed E-state index contributed by atoms with van der Waals surface area (Å²) in [5, 5.41) is 3.58. The molecule has 0 unspecified atom stereocenters. The van der Waals surface area contributed by atoms with E-state index in [4.69, 9.17) is 0 Å². The van der Waals surface area contributed by atoms with E-state index in [2.05, 4.69) is 36.5 Å². The van der Waals surface area contributed by atoms with Gasteiger partial charge in [-0.1, -0.05) is 44.0 Å². The molecule has 0 atom stereocenters. The van der Waals surface area contributed by atoms with Gasteiger partial charge < -0.3 is 5.32 Å². The lowest BCUT2D eigenvalue weighted by Crippen LogP contribution is -2.17. The Morgan fingerprint density at radius 1 is 0.944 bits per heavy atom. The Labute approximate surface area is 112 Å². The fourth-order valence-corrected chi connectivity index (χ4v) is 2.39. The second kappa shape index (κ2) is 7.58. The fraction of sp³-hybridized carbons (Fsp3) is 0.647. The summed E-state index contributed by atoms with van der Waals surface area (Å²) in [6.45, 7) is 3.46. The normalized spacial score (nSPS) is 14.9. The lowest BCUT2D eigenvalue weighted by atomic mass is 10.0. The lowest BCUT2D eigenvalue weighted by molar-refractivity contribution is 0.600. The van der Waals surface area contributed by atoms with E-state index in [0.717, 1.165) is 6.04 Å². The van der Waals surface area contributed by atoms with Gasteiger partial charge in [0, 0.05) is 6.04 Å². The Hall–Kier alpha value is -0.820. The van der Waals surface area contributed by atoms with Gasteiger partial charge in [-0.3, -0.25) is 0 Å². The van der Waals surface area contributed by atoms with Crippen LogP contribution in [0.25, 0.3) is 0 Å². The number of hydrogen-bond donors (Lipinski definition) is 1. The van der Waals surface area contributed by atoms with Gasteiger partial charge in [-0.2, -0.15) is 0 Å². The highest BCUT2D eigenvalue weighted by Gasteiger charge is 2.19. The lowest BCUT2D eigenvalue weighted by Gasteiger charge is -2.04. The van der Waals surface area contributed by atoms with Crippen molar-refractivity contribution in [3.63, 3.8) is 0 Å². The van der Waals surface area contributed by atoms with Crippen LogP contribution in [0.4, 0.5) is 0 Å². The molecule has 0 amide bonds. The smallest absolute Gasteiger partial charge is 0.00682 e. The quantitative estimate of drug-likeness (QED) is 0.646. The fourth-order valence-electron chi connectivity index (χ4n) is 2.39. The number of unbranched alkanes of at least 4 members (excludes halogenated alkanes) is 2. The number of aryl methyl sites for hydroxylation is 2. The van der Waals surface area contributed by atoms with E-state index in [-0.39, 0.29) is 0 Å². The van der Waals surface area contributed by atoms with E-state index >= 15 is 0 Å². The van der Waals surface area contributed by atoms with Crippen LogP contribution in [0.2, 0.25) is 0 Å². The van der Waals surface area contributed by atoms with Crippen LogP contribution in [0.5, 0.6) is 0 Å². The maximum absolute atomic E-state index is 3.58. The van der Waals surface area contributed by atoms with Crippen LogP contribution in [0.15, 0.2) is 24.3 Å². The molecule has 0 heterocycles. The highest BCUT2D eigenvalue weighted by atomic mass is 14.9. The highest BCUT2D eigenvalue weighted by Crippen LogP contribution is 2.18.